The maximum Gasteiger partial charge on any atom is 0.256 e. The first-order chi connectivity index (χ1) is 15.9. The fourth-order valence-corrected chi connectivity index (χ4v) is 3.92. The molecule has 0 aliphatic rings. The van der Waals surface area contributed by atoms with Gasteiger partial charge in [-0.2, -0.15) is 5.10 Å². The standard InChI is InChI=1S/C25H20BrCl2N3O2/c1-16-5-10-22(28)23(11-16)33-15-18-3-2-4-19(12-18)25(32)29-24-21(26)14-31(30-24)13-17-6-8-20(27)9-7-17/h2-12,14H,13,15H2,1H3,(H,29,30,32). The Morgan fingerprint density at radius 2 is 1.85 bits per heavy atom. The van der Waals surface area contributed by atoms with Crippen LogP contribution in [-0.4, -0.2) is 15.7 Å². The fourth-order valence-electron chi connectivity index (χ4n) is 3.20. The van der Waals surface area contributed by atoms with Crippen molar-refractivity contribution in [2.24, 2.45) is 0 Å². The lowest BCUT2D eigenvalue weighted by Crippen LogP contribution is -2.13. The van der Waals surface area contributed by atoms with Gasteiger partial charge in [0.2, 0.25) is 0 Å². The van der Waals surface area contributed by atoms with Gasteiger partial charge in [0.05, 0.1) is 16.0 Å². The highest BCUT2D eigenvalue weighted by molar-refractivity contribution is 9.10. The highest BCUT2D eigenvalue weighted by atomic mass is 79.9. The lowest BCUT2D eigenvalue weighted by atomic mass is 10.1. The van der Waals surface area contributed by atoms with E-state index in [0.29, 0.717) is 44.8 Å². The van der Waals surface area contributed by atoms with Crippen molar-refractivity contribution in [1.82, 2.24) is 9.78 Å². The van der Waals surface area contributed by atoms with Gasteiger partial charge in [0.1, 0.15) is 12.4 Å². The van der Waals surface area contributed by atoms with Crippen molar-refractivity contribution in [3.05, 3.63) is 110 Å². The molecule has 5 nitrogen and oxygen atoms in total. The van der Waals surface area contributed by atoms with Crippen molar-refractivity contribution in [3.8, 4) is 5.75 Å². The van der Waals surface area contributed by atoms with Gasteiger partial charge in [0.25, 0.3) is 5.91 Å². The van der Waals surface area contributed by atoms with Crippen LogP contribution in [0.25, 0.3) is 0 Å². The van der Waals surface area contributed by atoms with Crippen LogP contribution in [0.2, 0.25) is 10.0 Å². The van der Waals surface area contributed by atoms with Crippen LogP contribution in [0.5, 0.6) is 5.75 Å². The zero-order valence-electron chi connectivity index (χ0n) is 17.7. The van der Waals surface area contributed by atoms with E-state index in [1.165, 1.54) is 0 Å². The van der Waals surface area contributed by atoms with Gasteiger partial charge in [-0.15, -0.1) is 0 Å². The topological polar surface area (TPSA) is 56.1 Å². The largest absolute Gasteiger partial charge is 0.487 e. The molecule has 33 heavy (non-hydrogen) atoms. The van der Waals surface area contributed by atoms with Crippen molar-refractivity contribution < 1.29 is 9.53 Å². The van der Waals surface area contributed by atoms with Gasteiger partial charge in [-0.1, -0.05) is 53.5 Å². The van der Waals surface area contributed by atoms with Gasteiger partial charge < -0.3 is 10.1 Å². The van der Waals surface area contributed by atoms with Crippen LogP contribution in [0.4, 0.5) is 5.82 Å². The zero-order valence-corrected chi connectivity index (χ0v) is 20.8. The number of ether oxygens (including phenoxy) is 1. The summed E-state index contributed by atoms with van der Waals surface area (Å²) < 4.78 is 8.29. The Bertz CT molecular complexity index is 1290. The summed E-state index contributed by atoms with van der Waals surface area (Å²) in [4.78, 5) is 12.8. The molecule has 1 heterocycles. The molecular formula is C25H20BrCl2N3O2. The van der Waals surface area contributed by atoms with Gasteiger partial charge in [-0.05, 0) is 75.9 Å². The highest BCUT2D eigenvalue weighted by Crippen LogP contribution is 2.26. The first kappa shape index (κ1) is 23.4. The average Bonchev–Trinajstić information content (AvgIpc) is 3.14. The average molecular weight is 545 g/mol. The molecule has 0 bridgehead atoms. The van der Waals surface area contributed by atoms with Crippen LogP contribution in [0.15, 0.2) is 77.4 Å². The number of halogens is 3. The van der Waals surface area contributed by atoms with Gasteiger partial charge in [-0.25, -0.2) is 0 Å². The summed E-state index contributed by atoms with van der Waals surface area (Å²) in [6.45, 7) is 2.83. The van der Waals surface area contributed by atoms with Gasteiger partial charge in [0.15, 0.2) is 5.82 Å². The third kappa shape index (κ3) is 6.16. The molecule has 8 heteroatoms. The number of rotatable bonds is 7. The fraction of sp³-hybridized carbons (Fsp3) is 0.120. The summed E-state index contributed by atoms with van der Waals surface area (Å²) in [6, 6.07) is 20.4. The maximum absolute atomic E-state index is 12.8. The predicted octanol–water partition coefficient (Wildman–Crippen LogP) is 7.14. The van der Waals surface area contributed by atoms with Crippen molar-refractivity contribution in [3.63, 3.8) is 0 Å². The second kappa shape index (κ2) is 10.4. The molecule has 1 N–H and O–H groups in total. The first-order valence-corrected chi connectivity index (χ1v) is 11.7. The van der Waals surface area contributed by atoms with Gasteiger partial charge >= 0.3 is 0 Å². The Morgan fingerprint density at radius 1 is 1.06 bits per heavy atom. The van der Waals surface area contributed by atoms with E-state index in [1.54, 1.807) is 22.9 Å². The van der Waals surface area contributed by atoms with Crippen LogP contribution < -0.4 is 10.1 Å². The second-order valence-corrected chi connectivity index (χ2v) is 9.22. The normalized spacial score (nSPS) is 10.8. The third-order valence-corrected chi connectivity index (χ3v) is 6.02. The molecule has 4 rings (SSSR count). The Hall–Kier alpha value is -2.80. The Balaban J connectivity index is 1.42. The molecule has 3 aromatic carbocycles. The number of aromatic nitrogens is 2. The molecule has 1 amide bonds. The maximum atomic E-state index is 12.8. The van der Waals surface area contributed by atoms with Crippen LogP contribution in [0, 0.1) is 6.92 Å². The molecule has 0 fully saturated rings. The Labute approximate surface area is 210 Å². The summed E-state index contributed by atoms with van der Waals surface area (Å²) in [5.41, 5.74) is 3.47. The van der Waals surface area contributed by atoms with E-state index in [4.69, 9.17) is 27.9 Å². The van der Waals surface area contributed by atoms with Crippen LogP contribution in [0.1, 0.15) is 27.0 Å². The molecule has 0 aliphatic carbocycles. The number of hydrogen-bond donors (Lipinski definition) is 1. The molecule has 0 atom stereocenters. The molecule has 4 aromatic rings. The molecule has 0 aliphatic heterocycles. The Kier molecular flexibility index (Phi) is 7.38. The first-order valence-electron chi connectivity index (χ1n) is 10.1. The SMILES string of the molecule is Cc1ccc(Cl)c(OCc2cccc(C(=O)Nc3nn(Cc4ccc(Cl)cc4)cc3Br)c2)c1. The number of nitrogens with zero attached hydrogens (tertiary/aromatic N) is 2. The minimum absolute atomic E-state index is 0.261. The van der Waals surface area contributed by atoms with Crippen molar-refractivity contribution in [1.29, 1.82) is 0 Å². The summed E-state index contributed by atoms with van der Waals surface area (Å²) in [5, 5.41) is 8.57. The summed E-state index contributed by atoms with van der Waals surface area (Å²) in [7, 11) is 0. The van der Waals surface area contributed by atoms with E-state index in [-0.39, 0.29) is 5.91 Å². The molecule has 0 unspecified atom stereocenters. The number of amides is 1. The summed E-state index contributed by atoms with van der Waals surface area (Å²) in [5.74, 6) is 0.798. The Morgan fingerprint density at radius 3 is 2.64 bits per heavy atom. The number of anilines is 1. The zero-order chi connectivity index (χ0) is 23.4. The van der Waals surface area contributed by atoms with Crippen molar-refractivity contribution in [2.45, 2.75) is 20.1 Å². The number of benzene rings is 3. The van der Waals surface area contributed by atoms with E-state index in [9.17, 15) is 4.79 Å². The quantitative estimate of drug-likeness (QED) is 0.269. The van der Waals surface area contributed by atoms with Gasteiger partial charge in [0, 0.05) is 16.8 Å². The lowest BCUT2D eigenvalue weighted by molar-refractivity contribution is 0.102. The molecule has 0 saturated heterocycles. The molecule has 0 saturated carbocycles. The van der Waals surface area contributed by atoms with Gasteiger partial charge in [-0.3, -0.25) is 9.48 Å². The van der Waals surface area contributed by atoms with E-state index in [1.807, 2.05) is 61.7 Å². The third-order valence-electron chi connectivity index (χ3n) is 4.88. The minimum Gasteiger partial charge on any atom is -0.487 e. The number of carbonyl (C=O) groups is 1. The minimum atomic E-state index is -0.261. The lowest BCUT2D eigenvalue weighted by Gasteiger charge is -2.10. The van der Waals surface area contributed by atoms with Crippen LogP contribution in [-0.2, 0) is 13.2 Å². The predicted molar refractivity (Wildman–Crippen MR) is 135 cm³/mol. The number of aryl methyl sites for hydroxylation is 1. The smallest absolute Gasteiger partial charge is 0.256 e. The van der Waals surface area contributed by atoms with Crippen molar-refractivity contribution >= 4 is 50.9 Å². The summed E-state index contributed by atoms with van der Waals surface area (Å²) >= 11 is 15.6. The number of carbonyl (C=O) groups excluding carboxylic acids is 1. The molecule has 1 aromatic heterocycles. The molecule has 0 spiro atoms. The molecule has 168 valence electrons. The van der Waals surface area contributed by atoms with Crippen LogP contribution >= 0.6 is 39.1 Å². The highest BCUT2D eigenvalue weighted by Gasteiger charge is 2.13. The second-order valence-electron chi connectivity index (χ2n) is 7.53. The number of nitrogens with one attached hydrogen (secondary N) is 1. The van der Waals surface area contributed by atoms with E-state index >= 15 is 0 Å². The van der Waals surface area contributed by atoms with Crippen LogP contribution in [0.3, 0.4) is 0 Å². The van der Waals surface area contributed by atoms with E-state index < -0.39 is 0 Å². The summed E-state index contributed by atoms with van der Waals surface area (Å²) in [6.07, 6.45) is 1.82. The van der Waals surface area contributed by atoms with Crippen molar-refractivity contribution in [2.75, 3.05) is 5.32 Å². The number of hydrogen-bond acceptors (Lipinski definition) is 3. The van der Waals surface area contributed by atoms with E-state index in [2.05, 4.69) is 26.3 Å². The monoisotopic (exact) mass is 543 g/mol. The molecule has 0 radical (unpaired) electrons. The van der Waals surface area contributed by atoms with E-state index in [0.717, 1.165) is 16.7 Å². The molecular weight excluding hydrogens is 525 g/mol.